The van der Waals surface area contributed by atoms with Gasteiger partial charge in [0.15, 0.2) is 0 Å². The highest BCUT2D eigenvalue weighted by Crippen LogP contribution is 2.25. The number of halogens is 1. The van der Waals surface area contributed by atoms with E-state index in [1.54, 1.807) is 6.26 Å². The molecular formula is C17H18BrNO2S. The summed E-state index contributed by atoms with van der Waals surface area (Å²) in [5.41, 5.74) is 4.01. The number of anilines is 1. The van der Waals surface area contributed by atoms with Gasteiger partial charge >= 0.3 is 0 Å². The van der Waals surface area contributed by atoms with Crippen molar-refractivity contribution in [3.05, 3.63) is 57.6 Å². The van der Waals surface area contributed by atoms with E-state index in [1.807, 2.05) is 37.3 Å². The average Bonchev–Trinajstić information content (AvgIpc) is 2.48. The average molecular weight is 380 g/mol. The van der Waals surface area contributed by atoms with Crippen molar-refractivity contribution in [2.75, 3.05) is 11.6 Å². The number of ether oxygens (including phenoxy) is 1. The van der Waals surface area contributed by atoms with Gasteiger partial charge < -0.3 is 10.1 Å². The minimum atomic E-state index is -0.0918. The molecule has 0 aromatic heterocycles. The normalized spacial score (nSPS) is 10.4. The molecule has 2 aromatic carbocycles. The lowest BCUT2D eigenvalue weighted by Gasteiger charge is -2.14. The zero-order valence-electron chi connectivity index (χ0n) is 12.8. The van der Waals surface area contributed by atoms with E-state index in [0.29, 0.717) is 6.61 Å². The number of thioether (sulfide) groups is 1. The molecule has 2 rings (SSSR count). The van der Waals surface area contributed by atoms with Crippen LogP contribution in [0.2, 0.25) is 0 Å². The van der Waals surface area contributed by atoms with E-state index in [-0.39, 0.29) is 5.24 Å². The zero-order chi connectivity index (χ0) is 16.1. The van der Waals surface area contributed by atoms with Crippen molar-refractivity contribution in [1.82, 2.24) is 0 Å². The third-order valence-corrected chi connectivity index (χ3v) is 4.17. The van der Waals surface area contributed by atoms with Crippen LogP contribution in [0.15, 0.2) is 40.9 Å². The van der Waals surface area contributed by atoms with Gasteiger partial charge in [-0.25, -0.2) is 0 Å². The van der Waals surface area contributed by atoms with Crippen LogP contribution in [-0.4, -0.2) is 11.5 Å². The Hall–Kier alpha value is -1.46. The molecule has 0 saturated carbocycles. The largest absolute Gasteiger partial charge is 0.489 e. The Kier molecular flexibility index (Phi) is 5.91. The molecule has 0 saturated heterocycles. The van der Waals surface area contributed by atoms with Crippen LogP contribution in [0.25, 0.3) is 0 Å². The van der Waals surface area contributed by atoms with Crippen LogP contribution in [0, 0.1) is 13.8 Å². The molecule has 0 atom stereocenters. The molecule has 0 aliphatic heterocycles. The Morgan fingerprint density at radius 1 is 1.23 bits per heavy atom. The number of hydrogen-bond acceptors (Lipinski definition) is 3. The van der Waals surface area contributed by atoms with Crippen LogP contribution in [-0.2, 0) is 6.61 Å². The smallest absolute Gasteiger partial charge is 0.283 e. The Bertz CT molecular complexity index is 688. The lowest BCUT2D eigenvalue weighted by Crippen LogP contribution is -2.08. The Balaban J connectivity index is 2.16. The lowest BCUT2D eigenvalue weighted by molar-refractivity contribution is 0.269. The van der Waals surface area contributed by atoms with Crippen LogP contribution in [0.1, 0.15) is 16.7 Å². The Morgan fingerprint density at radius 3 is 2.68 bits per heavy atom. The Labute approximate surface area is 143 Å². The van der Waals surface area contributed by atoms with Gasteiger partial charge in [-0.2, -0.15) is 0 Å². The first kappa shape index (κ1) is 16.9. The molecule has 0 heterocycles. The predicted octanol–water partition coefficient (Wildman–Crippen LogP) is 5.54. The van der Waals surface area contributed by atoms with Crippen LogP contribution in [0.4, 0.5) is 10.5 Å². The van der Waals surface area contributed by atoms with Crippen LogP contribution in [0.3, 0.4) is 0 Å². The second-order valence-electron chi connectivity index (χ2n) is 4.98. The fourth-order valence-electron chi connectivity index (χ4n) is 2.07. The van der Waals surface area contributed by atoms with Gasteiger partial charge in [-0.3, -0.25) is 4.79 Å². The summed E-state index contributed by atoms with van der Waals surface area (Å²) in [5, 5.41) is 2.78. The summed E-state index contributed by atoms with van der Waals surface area (Å²) in [6.45, 7) is 4.49. The number of benzene rings is 2. The summed E-state index contributed by atoms with van der Waals surface area (Å²) >= 11 is 4.57. The second-order valence-corrected chi connectivity index (χ2v) is 6.67. The highest BCUT2D eigenvalue weighted by molar-refractivity contribution is 9.10. The number of carbonyl (C=O) groups excluding carboxylic acids is 1. The van der Waals surface area contributed by atoms with Crippen LogP contribution >= 0.6 is 27.7 Å². The SMILES string of the molecule is CSC(=O)Nc1cc(Br)ccc1COc1ccc(C)cc1C. The van der Waals surface area contributed by atoms with E-state index in [4.69, 9.17) is 4.74 Å². The fourth-order valence-corrected chi connectivity index (χ4v) is 2.64. The number of nitrogens with one attached hydrogen (secondary N) is 1. The van der Waals surface area contributed by atoms with Crippen molar-refractivity contribution in [1.29, 1.82) is 0 Å². The van der Waals surface area contributed by atoms with Crippen molar-refractivity contribution >= 4 is 38.6 Å². The van der Waals surface area contributed by atoms with E-state index >= 15 is 0 Å². The fraction of sp³-hybridized carbons (Fsp3) is 0.235. The van der Waals surface area contributed by atoms with E-state index in [9.17, 15) is 4.79 Å². The van der Waals surface area contributed by atoms with Crippen LogP contribution in [0.5, 0.6) is 5.75 Å². The minimum absolute atomic E-state index is 0.0918. The monoisotopic (exact) mass is 379 g/mol. The molecule has 0 aliphatic carbocycles. The molecule has 0 fully saturated rings. The van der Waals surface area contributed by atoms with Gasteiger partial charge in [0, 0.05) is 15.7 Å². The number of carbonyl (C=O) groups is 1. The van der Waals surface area contributed by atoms with Gasteiger partial charge in [0.1, 0.15) is 12.4 Å². The van der Waals surface area contributed by atoms with Gasteiger partial charge in [0.05, 0.1) is 0 Å². The van der Waals surface area contributed by atoms with E-state index < -0.39 is 0 Å². The molecule has 2 aromatic rings. The van der Waals surface area contributed by atoms with Gasteiger partial charge in [-0.05, 0) is 43.9 Å². The number of rotatable bonds is 4. The molecule has 0 spiro atoms. The van der Waals surface area contributed by atoms with E-state index in [1.165, 1.54) is 5.56 Å². The van der Waals surface area contributed by atoms with Crippen molar-refractivity contribution in [3.63, 3.8) is 0 Å². The molecule has 0 radical (unpaired) electrons. The van der Waals surface area contributed by atoms with Crippen molar-refractivity contribution in [2.24, 2.45) is 0 Å². The first-order valence-corrected chi connectivity index (χ1v) is 8.85. The van der Waals surface area contributed by atoms with Crippen molar-refractivity contribution in [2.45, 2.75) is 20.5 Å². The molecule has 1 N–H and O–H groups in total. The second kappa shape index (κ2) is 7.70. The van der Waals surface area contributed by atoms with Gasteiger partial charge in [-0.15, -0.1) is 0 Å². The first-order chi connectivity index (χ1) is 10.5. The molecule has 5 heteroatoms. The highest BCUT2D eigenvalue weighted by atomic mass is 79.9. The zero-order valence-corrected chi connectivity index (χ0v) is 15.2. The molecule has 1 amide bonds. The lowest BCUT2D eigenvalue weighted by atomic mass is 10.1. The summed E-state index contributed by atoms with van der Waals surface area (Å²) < 4.78 is 6.82. The topological polar surface area (TPSA) is 38.3 Å². The van der Waals surface area contributed by atoms with Gasteiger partial charge in [0.25, 0.3) is 5.24 Å². The van der Waals surface area contributed by atoms with Crippen molar-refractivity contribution < 1.29 is 9.53 Å². The molecule has 0 aliphatic rings. The maximum Gasteiger partial charge on any atom is 0.283 e. The van der Waals surface area contributed by atoms with E-state index in [2.05, 4.69) is 34.2 Å². The number of aryl methyl sites for hydroxylation is 2. The molecule has 0 unspecified atom stereocenters. The molecule has 3 nitrogen and oxygen atoms in total. The third kappa shape index (κ3) is 4.52. The molecule has 0 bridgehead atoms. The number of amides is 1. The maximum absolute atomic E-state index is 11.6. The summed E-state index contributed by atoms with van der Waals surface area (Å²) in [6.07, 6.45) is 1.75. The highest BCUT2D eigenvalue weighted by Gasteiger charge is 2.08. The maximum atomic E-state index is 11.6. The van der Waals surface area contributed by atoms with Crippen LogP contribution < -0.4 is 10.1 Å². The minimum Gasteiger partial charge on any atom is -0.489 e. The summed E-state index contributed by atoms with van der Waals surface area (Å²) in [4.78, 5) is 11.6. The predicted molar refractivity (Wildman–Crippen MR) is 96.9 cm³/mol. The number of hydrogen-bond donors (Lipinski definition) is 1. The summed E-state index contributed by atoms with van der Waals surface area (Å²) in [7, 11) is 0. The van der Waals surface area contributed by atoms with E-state index in [0.717, 1.165) is 38.8 Å². The Morgan fingerprint density at radius 2 is 2.00 bits per heavy atom. The standard InChI is InChI=1S/C17H18BrNO2S/c1-11-4-7-16(12(2)8-11)21-10-13-5-6-14(18)9-15(13)19-17(20)22-3/h4-9H,10H2,1-3H3,(H,19,20). The summed E-state index contributed by atoms with van der Waals surface area (Å²) in [6, 6.07) is 11.9. The molecule has 22 heavy (non-hydrogen) atoms. The van der Waals surface area contributed by atoms with Gasteiger partial charge in [-0.1, -0.05) is 51.5 Å². The molecular weight excluding hydrogens is 362 g/mol. The van der Waals surface area contributed by atoms with Gasteiger partial charge in [0.2, 0.25) is 0 Å². The quantitative estimate of drug-likeness (QED) is 0.757. The molecule has 116 valence electrons. The van der Waals surface area contributed by atoms with Crippen molar-refractivity contribution in [3.8, 4) is 5.75 Å². The summed E-state index contributed by atoms with van der Waals surface area (Å²) in [5.74, 6) is 0.857. The third-order valence-electron chi connectivity index (χ3n) is 3.21. The first-order valence-electron chi connectivity index (χ1n) is 6.83.